The quantitative estimate of drug-likeness (QED) is 0.838. The molecule has 18 heavy (non-hydrogen) atoms. The van der Waals surface area contributed by atoms with E-state index in [9.17, 15) is 13.2 Å². The molecular formula is C11H13N3O3S. The largest absolute Gasteiger partial charge is 0.386 e. The van der Waals surface area contributed by atoms with E-state index >= 15 is 0 Å². The first-order valence-corrected chi connectivity index (χ1v) is 6.82. The average Bonchev–Trinajstić information content (AvgIpc) is 2.27. The number of carbonyl (C=O) groups is 1. The lowest BCUT2D eigenvalue weighted by Crippen LogP contribution is -2.43. The predicted octanol–water partition coefficient (Wildman–Crippen LogP) is 0.0634. The molecule has 1 heterocycles. The summed E-state index contributed by atoms with van der Waals surface area (Å²) < 4.78 is 27.4. The Hall–Kier alpha value is -1.89. The Morgan fingerprint density at radius 1 is 1.28 bits per heavy atom. The van der Waals surface area contributed by atoms with Crippen molar-refractivity contribution in [2.24, 2.45) is 10.1 Å². The van der Waals surface area contributed by atoms with Crippen LogP contribution in [-0.2, 0) is 21.4 Å². The van der Waals surface area contributed by atoms with Crippen molar-refractivity contribution in [3.05, 3.63) is 35.9 Å². The number of benzene rings is 1. The fraction of sp³-hybridized carbons (Fsp3) is 0.273. The van der Waals surface area contributed by atoms with Gasteiger partial charge in [-0.15, -0.1) is 4.40 Å². The fourth-order valence-corrected chi connectivity index (χ4v) is 2.82. The summed E-state index contributed by atoms with van der Waals surface area (Å²) in [5, 5.41) is 0. The molecule has 1 aromatic carbocycles. The van der Waals surface area contributed by atoms with Gasteiger partial charge in [0.25, 0.3) is 0 Å². The van der Waals surface area contributed by atoms with Crippen LogP contribution < -0.4 is 5.73 Å². The first-order valence-electron chi connectivity index (χ1n) is 5.43. The van der Waals surface area contributed by atoms with Crippen LogP contribution in [0.5, 0.6) is 0 Å². The second-order valence-corrected chi connectivity index (χ2v) is 5.46. The van der Waals surface area contributed by atoms with Gasteiger partial charge in [-0.3, -0.25) is 4.79 Å². The Morgan fingerprint density at radius 2 is 1.94 bits per heavy atom. The van der Waals surface area contributed by atoms with Crippen LogP contribution in [0.3, 0.4) is 0 Å². The Labute approximate surface area is 105 Å². The van der Waals surface area contributed by atoms with Gasteiger partial charge >= 0.3 is 10.2 Å². The van der Waals surface area contributed by atoms with Gasteiger partial charge in [-0.05, 0) is 12.0 Å². The number of rotatable bonds is 3. The highest BCUT2D eigenvalue weighted by molar-refractivity contribution is 7.88. The van der Waals surface area contributed by atoms with E-state index in [2.05, 4.69) is 4.40 Å². The second-order valence-electron chi connectivity index (χ2n) is 3.94. The van der Waals surface area contributed by atoms with Gasteiger partial charge in [0.15, 0.2) is 0 Å². The molecule has 96 valence electrons. The van der Waals surface area contributed by atoms with E-state index in [4.69, 9.17) is 5.73 Å². The van der Waals surface area contributed by atoms with Crippen LogP contribution in [0.25, 0.3) is 0 Å². The van der Waals surface area contributed by atoms with Crippen LogP contribution in [0.4, 0.5) is 0 Å². The maximum Gasteiger partial charge on any atom is 0.348 e. The van der Waals surface area contributed by atoms with Gasteiger partial charge in [-0.25, -0.2) is 4.31 Å². The number of nitrogens with two attached hydrogens (primary N) is 1. The van der Waals surface area contributed by atoms with Crippen molar-refractivity contribution in [2.45, 2.75) is 12.8 Å². The number of hydrogen-bond donors (Lipinski definition) is 1. The topological polar surface area (TPSA) is 92.8 Å². The highest BCUT2D eigenvalue weighted by Crippen LogP contribution is 2.13. The molecule has 0 spiro atoms. The zero-order valence-electron chi connectivity index (χ0n) is 9.61. The van der Waals surface area contributed by atoms with Crippen molar-refractivity contribution in [1.82, 2.24) is 4.31 Å². The van der Waals surface area contributed by atoms with Gasteiger partial charge in [-0.1, -0.05) is 30.3 Å². The maximum absolute atomic E-state index is 11.7. The summed E-state index contributed by atoms with van der Waals surface area (Å²) in [6, 6.07) is 9.34. The van der Waals surface area contributed by atoms with Gasteiger partial charge in [0, 0.05) is 6.54 Å². The molecule has 2 rings (SSSR count). The molecule has 1 aromatic rings. The fourth-order valence-electron chi connectivity index (χ4n) is 1.72. The van der Waals surface area contributed by atoms with E-state index in [1.807, 2.05) is 30.3 Å². The van der Waals surface area contributed by atoms with Gasteiger partial charge in [0.05, 0.1) is 6.42 Å². The van der Waals surface area contributed by atoms with Crippen LogP contribution in [0.2, 0.25) is 0 Å². The lowest BCUT2D eigenvalue weighted by atomic mass is 10.1. The number of nitrogens with zero attached hydrogens (tertiary/aromatic N) is 2. The molecule has 0 unspecified atom stereocenters. The Morgan fingerprint density at radius 3 is 2.56 bits per heavy atom. The minimum atomic E-state index is -3.95. The second kappa shape index (κ2) is 4.77. The van der Waals surface area contributed by atoms with Crippen molar-refractivity contribution in [2.75, 3.05) is 6.54 Å². The number of amides is 1. The summed E-state index contributed by atoms with van der Waals surface area (Å²) in [7, 11) is -3.95. The van der Waals surface area contributed by atoms with Crippen molar-refractivity contribution in [3.63, 3.8) is 0 Å². The summed E-state index contributed by atoms with van der Waals surface area (Å²) in [5.41, 5.74) is 6.25. The minimum absolute atomic E-state index is 0.0853. The third kappa shape index (κ3) is 2.67. The molecule has 1 aliphatic heterocycles. The molecule has 6 nitrogen and oxygen atoms in total. The third-order valence-corrected chi connectivity index (χ3v) is 3.98. The molecule has 7 heteroatoms. The Balaban J connectivity index is 2.12. The summed E-state index contributed by atoms with van der Waals surface area (Å²) >= 11 is 0. The molecule has 0 aromatic heterocycles. The van der Waals surface area contributed by atoms with Crippen molar-refractivity contribution in [3.8, 4) is 0 Å². The summed E-state index contributed by atoms with van der Waals surface area (Å²) in [5.74, 6) is -0.686. The van der Waals surface area contributed by atoms with Crippen molar-refractivity contribution in [1.29, 1.82) is 0 Å². The van der Waals surface area contributed by atoms with Crippen LogP contribution in [0.15, 0.2) is 34.7 Å². The standard InChI is InChI=1S/C11H13N3O3S/c12-10-8-11(15)14(18(16,17)13-10)7-6-9-4-2-1-3-5-9/h1-5H,6-8H2,(H2,12,13). The number of carbonyl (C=O) groups excluding carboxylic acids is 1. The van der Waals surface area contributed by atoms with Crippen molar-refractivity contribution < 1.29 is 13.2 Å². The van der Waals surface area contributed by atoms with Crippen LogP contribution in [-0.4, -0.2) is 31.0 Å². The molecule has 1 aliphatic rings. The van der Waals surface area contributed by atoms with Crippen molar-refractivity contribution >= 4 is 22.0 Å². The lowest BCUT2D eigenvalue weighted by Gasteiger charge is -2.23. The molecule has 1 amide bonds. The molecule has 0 radical (unpaired) electrons. The van der Waals surface area contributed by atoms with Gasteiger partial charge in [0.2, 0.25) is 5.91 Å². The molecule has 0 atom stereocenters. The summed E-state index contributed by atoms with van der Waals surface area (Å²) in [4.78, 5) is 11.6. The zero-order chi connectivity index (χ0) is 13.2. The van der Waals surface area contributed by atoms with Gasteiger partial charge in [-0.2, -0.15) is 8.42 Å². The first-order chi connectivity index (χ1) is 8.49. The van der Waals surface area contributed by atoms with E-state index < -0.39 is 16.1 Å². The predicted molar refractivity (Wildman–Crippen MR) is 67.0 cm³/mol. The molecule has 2 N–H and O–H groups in total. The summed E-state index contributed by atoms with van der Waals surface area (Å²) in [6.45, 7) is 0.0853. The highest BCUT2D eigenvalue weighted by Gasteiger charge is 2.31. The normalized spacial score (nSPS) is 18.6. The molecule has 0 saturated heterocycles. The molecule has 0 bridgehead atoms. The lowest BCUT2D eigenvalue weighted by molar-refractivity contribution is -0.125. The number of amidine groups is 1. The van der Waals surface area contributed by atoms with Crippen LogP contribution >= 0.6 is 0 Å². The SMILES string of the molecule is NC1=NS(=O)(=O)N(CCc2ccccc2)C(=O)C1. The smallest absolute Gasteiger partial charge is 0.348 e. The van der Waals surface area contributed by atoms with Gasteiger partial charge in [0.1, 0.15) is 5.84 Å². The third-order valence-electron chi connectivity index (χ3n) is 2.57. The van der Waals surface area contributed by atoms with E-state index in [-0.39, 0.29) is 18.8 Å². The maximum atomic E-state index is 11.7. The van der Waals surface area contributed by atoms with Crippen LogP contribution in [0, 0.1) is 0 Å². The first kappa shape index (κ1) is 12.6. The molecule has 0 saturated carbocycles. The Bertz CT molecular complexity index is 581. The highest BCUT2D eigenvalue weighted by atomic mass is 32.2. The van der Waals surface area contributed by atoms with E-state index in [0.29, 0.717) is 6.42 Å². The van der Waals surface area contributed by atoms with Gasteiger partial charge < -0.3 is 5.73 Å². The van der Waals surface area contributed by atoms with E-state index in [1.165, 1.54) is 0 Å². The van der Waals surface area contributed by atoms with E-state index in [0.717, 1.165) is 9.87 Å². The zero-order valence-corrected chi connectivity index (χ0v) is 10.4. The summed E-state index contributed by atoms with van der Waals surface area (Å²) in [6.07, 6.45) is 0.315. The minimum Gasteiger partial charge on any atom is -0.386 e. The average molecular weight is 267 g/mol. The number of hydrogen-bond acceptors (Lipinski definition) is 4. The molecule has 0 aliphatic carbocycles. The van der Waals surface area contributed by atoms with E-state index in [1.54, 1.807) is 0 Å². The monoisotopic (exact) mass is 267 g/mol. The molecule has 0 fully saturated rings. The Kier molecular flexibility index (Phi) is 3.33. The molecular weight excluding hydrogens is 254 g/mol. The van der Waals surface area contributed by atoms with Crippen LogP contribution in [0.1, 0.15) is 12.0 Å².